The lowest BCUT2D eigenvalue weighted by molar-refractivity contribution is -0.264. The molecule has 190 valence electrons. The third kappa shape index (κ3) is 4.20. The quantitative estimate of drug-likeness (QED) is 0.321. The number of nitrogens with zero attached hydrogens (tertiary/aromatic N) is 3. The van der Waals surface area contributed by atoms with E-state index < -0.39 is 29.6 Å². The van der Waals surface area contributed by atoms with Crippen molar-refractivity contribution in [2.45, 2.75) is 43.5 Å². The van der Waals surface area contributed by atoms with Gasteiger partial charge in [-0.25, -0.2) is 9.78 Å². The normalized spacial score (nSPS) is 20.6. The molecule has 12 heteroatoms. The number of pyridine rings is 2. The highest BCUT2D eigenvalue weighted by Gasteiger charge is 2.54. The summed E-state index contributed by atoms with van der Waals surface area (Å²) in [7, 11) is 0. The predicted octanol–water partition coefficient (Wildman–Crippen LogP) is 2.73. The van der Waals surface area contributed by atoms with Crippen molar-refractivity contribution in [3.8, 4) is 0 Å². The largest absolute Gasteiger partial charge is 0.422 e. The molecule has 5 rings (SSSR count). The van der Waals surface area contributed by atoms with Crippen molar-refractivity contribution in [2.75, 3.05) is 13.1 Å². The molecule has 1 fully saturated rings. The van der Waals surface area contributed by atoms with E-state index in [1.165, 1.54) is 24.5 Å². The van der Waals surface area contributed by atoms with Gasteiger partial charge in [0.1, 0.15) is 5.65 Å². The third-order valence-electron chi connectivity index (χ3n) is 7.09. The first kappa shape index (κ1) is 24.2. The highest BCUT2D eigenvalue weighted by atomic mass is 19.4. The summed E-state index contributed by atoms with van der Waals surface area (Å²) in [5.74, 6) is 0.0753. The number of fused-ring (bicyclic) bond motifs is 3. The van der Waals surface area contributed by atoms with Gasteiger partial charge in [0.15, 0.2) is 5.60 Å². The van der Waals surface area contributed by atoms with Crippen LogP contribution in [-0.4, -0.2) is 48.9 Å². The molecule has 0 bridgehead atoms. The van der Waals surface area contributed by atoms with Gasteiger partial charge >= 0.3 is 11.9 Å². The van der Waals surface area contributed by atoms with E-state index in [4.69, 9.17) is 0 Å². The van der Waals surface area contributed by atoms with Gasteiger partial charge in [-0.15, -0.1) is 0 Å². The van der Waals surface area contributed by atoms with Crippen LogP contribution in [0.2, 0.25) is 0 Å². The summed E-state index contributed by atoms with van der Waals surface area (Å²) in [6, 6.07) is 4.17. The summed E-state index contributed by atoms with van der Waals surface area (Å²) < 4.78 is 42.7. The lowest BCUT2D eigenvalue weighted by atomic mass is 9.85. The molecule has 4 aromatic heterocycles. The average molecular weight is 502 g/mol. The Labute approximate surface area is 202 Å². The second-order valence-electron chi connectivity index (χ2n) is 9.29. The molecule has 36 heavy (non-hydrogen) atoms. The highest BCUT2D eigenvalue weighted by molar-refractivity contribution is 6.01. The van der Waals surface area contributed by atoms with E-state index in [0.29, 0.717) is 54.2 Å². The maximum atomic E-state index is 13.7. The molecule has 4 heterocycles. The predicted molar refractivity (Wildman–Crippen MR) is 127 cm³/mol. The van der Waals surface area contributed by atoms with Gasteiger partial charge in [0.25, 0.3) is 5.56 Å². The van der Waals surface area contributed by atoms with Crippen molar-refractivity contribution in [1.82, 2.24) is 29.8 Å². The summed E-state index contributed by atoms with van der Waals surface area (Å²) in [5.41, 5.74) is -3.24. The number of hydrogen-bond acceptors (Lipinski definition) is 6. The molecule has 1 saturated carbocycles. The molecule has 0 aliphatic heterocycles. The van der Waals surface area contributed by atoms with Crippen molar-refractivity contribution in [3.05, 3.63) is 69.4 Å². The second kappa shape index (κ2) is 9.17. The molecule has 0 radical (unpaired) electrons. The van der Waals surface area contributed by atoms with Crippen LogP contribution >= 0.6 is 0 Å². The van der Waals surface area contributed by atoms with Crippen LogP contribution in [-0.2, 0) is 5.60 Å². The molecule has 9 nitrogen and oxygen atoms in total. The Morgan fingerprint density at radius 2 is 1.89 bits per heavy atom. The van der Waals surface area contributed by atoms with Crippen LogP contribution in [0.4, 0.5) is 13.2 Å². The molecule has 4 aromatic rings. The van der Waals surface area contributed by atoms with Gasteiger partial charge in [0.05, 0.1) is 10.9 Å². The Morgan fingerprint density at radius 3 is 2.58 bits per heavy atom. The molecule has 0 saturated heterocycles. The maximum absolute atomic E-state index is 13.7. The number of hydrogen-bond donors (Lipinski definition) is 4. The first-order chi connectivity index (χ1) is 17.2. The SMILES string of the molecule is O=c1[nH]c(=O)n([C@H]2CC[C@H](CNCC(O)(c3cccnc3)C(F)(F)F)CC2)c2c1cnc1[nH]ccc12. The Bertz CT molecular complexity index is 1490. The van der Waals surface area contributed by atoms with Crippen LogP contribution in [0.15, 0.2) is 52.6 Å². The van der Waals surface area contributed by atoms with Crippen molar-refractivity contribution < 1.29 is 18.3 Å². The lowest BCUT2D eigenvalue weighted by Crippen LogP contribution is -2.50. The number of aliphatic hydroxyl groups is 1. The van der Waals surface area contributed by atoms with Crippen LogP contribution in [0.1, 0.15) is 37.3 Å². The Morgan fingerprint density at radius 1 is 1.11 bits per heavy atom. The van der Waals surface area contributed by atoms with Crippen LogP contribution in [0.5, 0.6) is 0 Å². The van der Waals surface area contributed by atoms with Crippen molar-refractivity contribution >= 4 is 21.9 Å². The van der Waals surface area contributed by atoms with E-state index in [-0.39, 0.29) is 17.5 Å². The van der Waals surface area contributed by atoms with Gasteiger partial charge < -0.3 is 15.4 Å². The number of rotatable bonds is 6. The number of aromatic amines is 2. The van der Waals surface area contributed by atoms with Crippen LogP contribution in [0.25, 0.3) is 21.9 Å². The number of aromatic nitrogens is 5. The van der Waals surface area contributed by atoms with Crippen LogP contribution < -0.4 is 16.6 Å². The Hall–Kier alpha value is -3.51. The van der Waals surface area contributed by atoms with Crippen LogP contribution in [0, 0.1) is 5.92 Å². The van der Waals surface area contributed by atoms with Crippen molar-refractivity contribution in [1.29, 1.82) is 0 Å². The third-order valence-corrected chi connectivity index (χ3v) is 7.09. The zero-order valence-electron chi connectivity index (χ0n) is 19.2. The van der Waals surface area contributed by atoms with E-state index in [1.807, 2.05) is 0 Å². The second-order valence-corrected chi connectivity index (χ2v) is 9.29. The molecule has 1 atom stereocenters. The van der Waals surface area contributed by atoms with Gasteiger partial charge in [-0.3, -0.25) is 19.3 Å². The van der Waals surface area contributed by atoms with Gasteiger partial charge in [0.2, 0.25) is 0 Å². The van der Waals surface area contributed by atoms with Gasteiger partial charge in [-0.1, -0.05) is 6.07 Å². The molecule has 0 amide bonds. The summed E-state index contributed by atoms with van der Waals surface area (Å²) in [4.78, 5) is 38.6. The molecule has 0 aromatic carbocycles. The molecular weight excluding hydrogens is 477 g/mol. The molecular formula is C24H25F3N6O3. The zero-order valence-corrected chi connectivity index (χ0v) is 19.2. The number of H-pyrrole nitrogens is 2. The lowest BCUT2D eigenvalue weighted by Gasteiger charge is -2.33. The summed E-state index contributed by atoms with van der Waals surface area (Å²) in [6.07, 6.45) is 3.22. The van der Waals surface area contributed by atoms with E-state index in [9.17, 15) is 27.9 Å². The smallest absolute Gasteiger partial charge is 0.375 e. The Balaban J connectivity index is 1.30. The minimum Gasteiger partial charge on any atom is -0.375 e. The van der Waals surface area contributed by atoms with Crippen LogP contribution in [0.3, 0.4) is 0 Å². The zero-order chi connectivity index (χ0) is 25.5. The minimum absolute atomic E-state index is 0.0753. The fraction of sp³-hybridized carbons (Fsp3) is 0.417. The Kier molecular flexibility index (Phi) is 6.17. The monoisotopic (exact) mass is 502 g/mol. The molecule has 4 N–H and O–H groups in total. The van der Waals surface area contributed by atoms with Gasteiger partial charge in [0, 0.05) is 48.3 Å². The minimum atomic E-state index is -4.87. The average Bonchev–Trinajstić information content (AvgIpc) is 3.34. The topological polar surface area (TPSA) is 129 Å². The fourth-order valence-corrected chi connectivity index (χ4v) is 5.13. The maximum Gasteiger partial charge on any atom is 0.422 e. The standard InChI is InChI=1S/C24H25F3N6O3/c25-24(26,27)23(36,15-2-1-8-28-11-15)13-29-10-14-3-5-16(6-4-14)33-19-17-7-9-30-20(17)31-12-18(19)21(34)32-22(33)35/h1-2,7-9,11-12,14,16,29,36H,3-6,10,13H2,(H,30,31)(H,32,34,35)/t14-,16-,23?. The number of alkyl halides is 3. The molecule has 0 spiro atoms. The van der Waals surface area contributed by atoms with Crippen molar-refractivity contribution in [2.24, 2.45) is 5.92 Å². The van der Waals surface area contributed by atoms with Crippen molar-refractivity contribution in [3.63, 3.8) is 0 Å². The van der Waals surface area contributed by atoms with E-state index in [1.54, 1.807) is 16.8 Å². The molecule has 1 unspecified atom stereocenters. The number of halogens is 3. The molecule has 1 aliphatic carbocycles. The first-order valence-corrected chi connectivity index (χ1v) is 11.7. The fourth-order valence-electron chi connectivity index (χ4n) is 5.13. The van der Waals surface area contributed by atoms with Gasteiger partial charge in [-0.05, 0) is 50.3 Å². The summed E-state index contributed by atoms with van der Waals surface area (Å²) in [6.45, 7) is -0.400. The molecule has 1 aliphatic rings. The summed E-state index contributed by atoms with van der Waals surface area (Å²) in [5, 5.41) is 14.3. The van der Waals surface area contributed by atoms with Gasteiger partial charge in [-0.2, -0.15) is 13.2 Å². The number of nitrogens with one attached hydrogen (secondary N) is 3. The summed E-state index contributed by atoms with van der Waals surface area (Å²) >= 11 is 0. The highest BCUT2D eigenvalue weighted by Crippen LogP contribution is 2.38. The van der Waals surface area contributed by atoms with E-state index in [0.717, 1.165) is 6.20 Å². The first-order valence-electron chi connectivity index (χ1n) is 11.7. The van der Waals surface area contributed by atoms with E-state index in [2.05, 4.69) is 25.3 Å². The van der Waals surface area contributed by atoms with E-state index >= 15 is 0 Å².